The van der Waals surface area contributed by atoms with Gasteiger partial charge in [0.15, 0.2) is 0 Å². The Morgan fingerprint density at radius 3 is 2.42 bits per heavy atom. The number of methoxy groups -OCH3 is 1. The molecule has 0 radical (unpaired) electrons. The maximum absolute atomic E-state index is 11.0. The van der Waals surface area contributed by atoms with E-state index < -0.39 is 0 Å². The summed E-state index contributed by atoms with van der Waals surface area (Å²) in [5.74, 6) is 1.31. The average Bonchev–Trinajstić information content (AvgIpc) is 2.81. The van der Waals surface area contributed by atoms with E-state index in [-0.39, 0.29) is 24.3 Å². The first-order valence-corrected chi connectivity index (χ1v) is 4.07. The summed E-state index contributed by atoms with van der Waals surface area (Å²) < 4.78 is 4.64. The molecule has 0 aromatic rings. The molecule has 0 aliphatic heterocycles. The lowest BCUT2D eigenvalue weighted by Crippen LogP contribution is -2.08. The van der Waals surface area contributed by atoms with Crippen molar-refractivity contribution in [1.29, 1.82) is 0 Å². The molecule has 4 heteroatoms. The van der Waals surface area contributed by atoms with Crippen LogP contribution in [-0.2, 0) is 9.53 Å². The van der Waals surface area contributed by atoms with Crippen LogP contribution in [0.15, 0.2) is 0 Å². The van der Waals surface area contributed by atoms with E-state index >= 15 is 0 Å². The van der Waals surface area contributed by atoms with E-state index in [1.54, 1.807) is 0 Å². The van der Waals surface area contributed by atoms with Gasteiger partial charge in [-0.2, -0.15) is 0 Å². The average molecular weight is 192 g/mol. The smallest absolute Gasteiger partial charge is 0.308 e. The standard InChI is InChI=1S/C8H13NO2.ClH/c1-11-8(10)6-2-4(6)5-3-7(5)9;/h4-7H,2-3,9H2,1H3;1H/t4-,5+,6-,7+;/m1./s1. The number of hydrogen-bond acceptors (Lipinski definition) is 3. The van der Waals surface area contributed by atoms with Crippen molar-refractivity contribution in [2.75, 3.05) is 7.11 Å². The van der Waals surface area contributed by atoms with Crippen LogP contribution in [0.1, 0.15) is 12.8 Å². The maximum Gasteiger partial charge on any atom is 0.308 e. The molecule has 4 atom stereocenters. The summed E-state index contributed by atoms with van der Waals surface area (Å²) >= 11 is 0. The van der Waals surface area contributed by atoms with Crippen LogP contribution < -0.4 is 5.73 Å². The molecule has 2 N–H and O–H groups in total. The van der Waals surface area contributed by atoms with Gasteiger partial charge in [-0.3, -0.25) is 4.79 Å². The van der Waals surface area contributed by atoms with Crippen molar-refractivity contribution < 1.29 is 9.53 Å². The first kappa shape index (κ1) is 9.81. The molecule has 2 saturated carbocycles. The zero-order valence-corrected chi connectivity index (χ0v) is 7.84. The van der Waals surface area contributed by atoms with Gasteiger partial charge in [-0.1, -0.05) is 0 Å². The van der Waals surface area contributed by atoms with Crippen LogP contribution in [0.25, 0.3) is 0 Å². The molecule has 3 nitrogen and oxygen atoms in total. The Balaban J connectivity index is 0.000000720. The number of carbonyl (C=O) groups is 1. The van der Waals surface area contributed by atoms with Crippen LogP contribution in [0.3, 0.4) is 0 Å². The molecule has 0 saturated heterocycles. The summed E-state index contributed by atoms with van der Waals surface area (Å²) in [7, 11) is 1.45. The molecular formula is C8H14ClNO2. The largest absolute Gasteiger partial charge is 0.469 e. The van der Waals surface area contributed by atoms with Gasteiger partial charge in [-0.25, -0.2) is 0 Å². The highest BCUT2D eigenvalue weighted by Crippen LogP contribution is 2.53. The summed E-state index contributed by atoms with van der Waals surface area (Å²) in [6.07, 6.45) is 2.11. The fraction of sp³-hybridized carbons (Fsp3) is 0.875. The molecule has 70 valence electrons. The van der Waals surface area contributed by atoms with Crippen molar-refractivity contribution in [2.24, 2.45) is 23.5 Å². The van der Waals surface area contributed by atoms with E-state index in [0.717, 1.165) is 12.8 Å². The number of hydrogen-bond donors (Lipinski definition) is 1. The zero-order valence-electron chi connectivity index (χ0n) is 7.03. The fourth-order valence-corrected chi connectivity index (χ4v) is 1.84. The minimum Gasteiger partial charge on any atom is -0.469 e. The predicted octanol–water partition coefficient (Wildman–Crippen LogP) is 0.564. The van der Waals surface area contributed by atoms with E-state index in [2.05, 4.69) is 4.74 Å². The van der Waals surface area contributed by atoms with Gasteiger partial charge in [0.1, 0.15) is 0 Å². The molecule has 0 unspecified atom stereocenters. The van der Waals surface area contributed by atoms with Crippen LogP contribution in [0.5, 0.6) is 0 Å². The Labute approximate surface area is 78.1 Å². The molecule has 0 heterocycles. The number of halogens is 1. The van der Waals surface area contributed by atoms with Crippen molar-refractivity contribution in [1.82, 2.24) is 0 Å². The van der Waals surface area contributed by atoms with Gasteiger partial charge in [0, 0.05) is 6.04 Å². The topological polar surface area (TPSA) is 52.3 Å². The lowest BCUT2D eigenvalue weighted by Gasteiger charge is -1.95. The van der Waals surface area contributed by atoms with Crippen molar-refractivity contribution in [3.8, 4) is 0 Å². The molecule has 0 amide bonds. The highest BCUT2D eigenvalue weighted by Gasteiger charge is 2.55. The van der Waals surface area contributed by atoms with Gasteiger partial charge < -0.3 is 10.5 Å². The Kier molecular flexibility index (Phi) is 2.64. The molecule has 0 aromatic carbocycles. The highest BCUT2D eigenvalue weighted by atomic mass is 35.5. The lowest BCUT2D eigenvalue weighted by atomic mass is 10.2. The fourth-order valence-electron chi connectivity index (χ4n) is 1.84. The summed E-state index contributed by atoms with van der Waals surface area (Å²) in [5, 5.41) is 0. The Morgan fingerprint density at radius 2 is 2.00 bits per heavy atom. The van der Waals surface area contributed by atoms with E-state index in [1.165, 1.54) is 7.11 Å². The van der Waals surface area contributed by atoms with Crippen LogP contribution in [0, 0.1) is 17.8 Å². The number of ether oxygens (including phenoxy) is 1. The van der Waals surface area contributed by atoms with Crippen LogP contribution in [-0.4, -0.2) is 19.1 Å². The first-order chi connectivity index (χ1) is 5.24. The van der Waals surface area contributed by atoms with Gasteiger partial charge in [0.2, 0.25) is 0 Å². The van der Waals surface area contributed by atoms with Crippen molar-refractivity contribution in [3.63, 3.8) is 0 Å². The summed E-state index contributed by atoms with van der Waals surface area (Å²) in [6.45, 7) is 0. The van der Waals surface area contributed by atoms with Gasteiger partial charge in [0.25, 0.3) is 0 Å². The van der Waals surface area contributed by atoms with E-state index in [4.69, 9.17) is 5.73 Å². The number of nitrogens with two attached hydrogens (primary N) is 1. The molecule has 2 aliphatic rings. The Hall–Kier alpha value is -0.280. The number of esters is 1. The van der Waals surface area contributed by atoms with Crippen LogP contribution in [0.2, 0.25) is 0 Å². The SMILES string of the molecule is COC(=O)[C@@H]1C[C@@H]1[C@@H]1C[C@@H]1N.Cl. The molecule has 12 heavy (non-hydrogen) atoms. The first-order valence-electron chi connectivity index (χ1n) is 4.07. The molecule has 0 bridgehead atoms. The normalized spacial score (nSPS) is 42.8. The van der Waals surface area contributed by atoms with Gasteiger partial charge >= 0.3 is 5.97 Å². The van der Waals surface area contributed by atoms with Crippen LogP contribution >= 0.6 is 12.4 Å². The predicted molar refractivity (Wildman–Crippen MR) is 46.9 cm³/mol. The van der Waals surface area contributed by atoms with Crippen molar-refractivity contribution in [3.05, 3.63) is 0 Å². The molecule has 2 aliphatic carbocycles. The third kappa shape index (κ3) is 1.57. The van der Waals surface area contributed by atoms with Gasteiger partial charge in [0.05, 0.1) is 13.0 Å². The molecule has 2 fully saturated rings. The monoisotopic (exact) mass is 191 g/mol. The quantitative estimate of drug-likeness (QED) is 0.650. The number of carbonyl (C=O) groups excluding carboxylic acids is 1. The zero-order chi connectivity index (χ0) is 8.01. The minimum atomic E-state index is -0.0471. The van der Waals surface area contributed by atoms with E-state index in [9.17, 15) is 4.79 Å². The highest BCUT2D eigenvalue weighted by molar-refractivity contribution is 5.85. The summed E-state index contributed by atoms with van der Waals surface area (Å²) in [6, 6.07) is 0.370. The maximum atomic E-state index is 11.0. The molecular weight excluding hydrogens is 178 g/mol. The van der Waals surface area contributed by atoms with Crippen molar-refractivity contribution >= 4 is 18.4 Å². The van der Waals surface area contributed by atoms with Gasteiger partial charge in [-0.05, 0) is 24.7 Å². The van der Waals surface area contributed by atoms with Crippen LogP contribution in [0.4, 0.5) is 0 Å². The second kappa shape index (κ2) is 3.23. The van der Waals surface area contributed by atoms with E-state index in [1.807, 2.05) is 0 Å². The second-order valence-corrected chi connectivity index (χ2v) is 3.59. The summed E-state index contributed by atoms with van der Waals surface area (Å²) in [5.41, 5.74) is 5.66. The molecule has 0 aromatic heterocycles. The van der Waals surface area contributed by atoms with E-state index in [0.29, 0.717) is 17.9 Å². The third-order valence-electron chi connectivity index (χ3n) is 2.78. The Morgan fingerprint density at radius 1 is 1.42 bits per heavy atom. The van der Waals surface area contributed by atoms with Crippen molar-refractivity contribution in [2.45, 2.75) is 18.9 Å². The minimum absolute atomic E-state index is 0. The molecule has 0 spiro atoms. The van der Waals surface area contributed by atoms with Gasteiger partial charge in [-0.15, -0.1) is 12.4 Å². The summed E-state index contributed by atoms with van der Waals surface area (Å²) in [4.78, 5) is 11.0. The number of rotatable bonds is 2. The Bertz CT molecular complexity index is 197. The second-order valence-electron chi connectivity index (χ2n) is 3.59. The third-order valence-corrected chi connectivity index (χ3v) is 2.78. The lowest BCUT2D eigenvalue weighted by molar-refractivity contribution is -0.142. The molecule has 2 rings (SSSR count).